The number of nitrogens with zero attached hydrogens (tertiary/aromatic N) is 1. The lowest BCUT2D eigenvalue weighted by molar-refractivity contribution is 0.190. The smallest absolute Gasteiger partial charge is 0.0238 e. The van der Waals surface area contributed by atoms with Crippen molar-refractivity contribution in [3.63, 3.8) is 0 Å². The number of piperazine rings is 1. The predicted octanol–water partition coefficient (Wildman–Crippen LogP) is 2.74. The van der Waals surface area contributed by atoms with Crippen molar-refractivity contribution in [2.75, 3.05) is 20.1 Å². The van der Waals surface area contributed by atoms with Gasteiger partial charge in [-0.05, 0) is 31.0 Å². The van der Waals surface area contributed by atoms with Crippen LogP contribution >= 0.6 is 0 Å². The summed E-state index contributed by atoms with van der Waals surface area (Å²) < 4.78 is 0. The van der Waals surface area contributed by atoms with Crippen molar-refractivity contribution in [3.8, 4) is 0 Å². The molecule has 2 aromatic rings. The van der Waals surface area contributed by atoms with Crippen LogP contribution < -0.4 is 5.32 Å². The molecule has 2 nitrogen and oxygen atoms in total. The fraction of sp³-hybridized carbons (Fsp3) is 0.368. The van der Waals surface area contributed by atoms with Gasteiger partial charge in [-0.15, -0.1) is 0 Å². The average Bonchev–Trinajstić information content (AvgIpc) is 2.48. The van der Waals surface area contributed by atoms with Crippen LogP contribution in [-0.4, -0.2) is 37.1 Å². The molecule has 21 heavy (non-hydrogen) atoms. The molecule has 1 heterocycles. The number of rotatable bonds is 4. The normalized spacial score (nSPS) is 23.1. The molecule has 0 spiro atoms. The van der Waals surface area contributed by atoms with Crippen molar-refractivity contribution in [2.24, 2.45) is 0 Å². The highest BCUT2D eigenvalue weighted by atomic mass is 15.2. The third-order valence-electron chi connectivity index (χ3n) is 4.19. The van der Waals surface area contributed by atoms with Gasteiger partial charge in [-0.25, -0.2) is 0 Å². The summed E-state index contributed by atoms with van der Waals surface area (Å²) in [7, 11) is 2.23. The summed E-state index contributed by atoms with van der Waals surface area (Å²) in [6, 6.07) is 22.7. The zero-order chi connectivity index (χ0) is 14.5. The Labute approximate surface area is 127 Å². The lowest BCUT2D eigenvalue weighted by atomic mass is 9.98. The first-order valence-electron chi connectivity index (χ1n) is 7.82. The minimum atomic E-state index is 0.542. The van der Waals surface area contributed by atoms with Gasteiger partial charge >= 0.3 is 0 Å². The molecule has 2 atom stereocenters. The minimum absolute atomic E-state index is 0.542. The number of hydrogen-bond acceptors (Lipinski definition) is 2. The van der Waals surface area contributed by atoms with Crippen molar-refractivity contribution < 1.29 is 0 Å². The molecule has 1 aliphatic heterocycles. The fourth-order valence-corrected chi connectivity index (χ4v) is 3.31. The van der Waals surface area contributed by atoms with Crippen molar-refractivity contribution >= 4 is 0 Å². The Morgan fingerprint density at radius 3 is 1.67 bits per heavy atom. The van der Waals surface area contributed by atoms with Crippen LogP contribution in [0, 0.1) is 0 Å². The molecule has 0 aliphatic carbocycles. The molecule has 0 unspecified atom stereocenters. The van der Waals surface area contributed by atoms with Gasteiger partial charge < -0.3 is 10.2 Å². The molecular formula is C19H24N2. The van der Waals surface area contributed by atoms with Gasteiger partial charge in [0.25, 0.3) is 0 Å². The standard InChI is InChI=1S/C19H24N2/c1-21-14-18(12-16-8-4-2-5-9-16)20-19(15-21)13-17-10-6-3-7-11-17/h2-11,18-20H,12-15H2,1H3/t18-,19-/m0/s1. The molecule has 0 bridgehead atoms. The highest BCUT2D eigenvalue weighted by Crippen LogP contribution is 2.12. The molecule has 0 amide bonds. The molecule has 2 heteroatoms. The van der Waals surface area contributed by atoms with E-state index in [4.69, 9.17) is 0 Å². The maximum absolute atomic E-state index is 3.84. The average molecular weight is 280 g/mol. The first kappa shape index (κ1) is 14.3. The van der Waals surface area contributed by atoms with Crippen LogP contribution in [0.1, 0.15) is 11.1 Å². The summed E-state index contributed by atoms with van der Waals surface area (Å²) in [6.45, 7) is 2.25. The molecule has 1 aliphatic rings. The van der Waals surface area contributed by atoms with Gasteiger partial charge in [-0.2, -0.15) is 0 Å². The van der Waals surface area contributed by atoms with Gasteiger partial charge in [0, 0.05) is 25.2 Å². The molecular weight excluding hydrogens is 256 g/mol. The molecule has 1 fully saturated rings. The highest BCUT2D eigenvalue weighted by Gasteiger charge is 2.24. The molecule has 0 radical (unpaired) electrons. The van der Waals surface area contributed by atoms with E-state index < -0.39 is 0 Å². The minimum Gasteiger partial charge on any atom is -0.308 e. The number of nitrogens with one attached hydrogen (secondary N) is 1. The summed E-state index contributed by atoms with van der Waals surface area (Å²) in [6.07, 6.45) is 2.22. The largest absolute Gasteiger partial charge is 0.308 e. The van der Waals surface area contributed by atoms with Crippen LogP contribution in [0.15, 0.2) is 60.7 Å². The summed E-state index contributed by atoms with van der Waals surface area (Å²) >= 11 is 0. The molecule has 2 aromatic carbocycles. The molecule has 0 saturated carbocycles. The summed E-state index contributed by atoms with van der Waals surface area (Å²) in [5.74, 6) is 0. The van der Waals surface area contributed by atoms with Crippen molar-refractivity contribution in [2.45, 2.75) is 24.9 Å². The molecule has 3 rings (SSSR count). The second-order valence-electron chi connectivity index (χ2n) is 6.16. The van der Waals surface area contributed by atoms with Crippen LogP contribution in [0.2, 0.25) is 0 Å². The number of hydrogen-bond donors (Lipinski definition) is 1. The maximum Gasteiger partial charge on any atom is 0.0238 e. The topological polar surface area (TPSA) is 15.3 Å². The Morgan fingerprint density at radius 1 is 0.810 bits per heavy atom. The van der Waals surface area contributed by atoms with E-state index in [9.17, 15) is 0 Å². The van der Waals surface area contributed by atoms with Crippen molar-refractivity contribution in [1.82, 2.24) is 10.2 Å². The Kier molecular flexibility index (Phi) is 4.69. The Morgan fingerprint density at radius 2 is 1.24 bits per heavy atom. The second kappa shape index (κ2) is 6.88. The van der Waals surface area contributed by atoms with E-state index in [0.29, 0.717) is 12.1 Å². The van der Waals surface area contributed by atoms with Gasteiger partial charge in [0.15, 0.2) is 0 Å². The zero-order valence-electron chi connectivity index (χ0n) is 12.7. The SMILES string of the molecule is CN1C[C@H](Cc2ccccc2)N[C@@H](Cc2ccccc2)C1. The molecule has 1 N–H and O–H groups in total. The van der Waals surface area contributed by atoms with Gasteiger partial charge in [0.2, 0.25) is 0 Å². The second-order valence-corrected chi connectivity index (χ2v) is 6.16. The summed E-state index contributed by atoms with van der Waals surface area (Å²) in [5.41, 5.74) is 2.84. The van der Waals surface area contributed by atoms with Gasteiger partial charge in [0.1, 0.15) is 0 Å². The van der Waals surface area contributed by atoms with Crippen LogP contribution in [-0.2, 0) is 12.8 Å². The third-order valence-corrected chi connectivity index (χ3v) is 4.19. The fourth-order valence-electron chi connectivity index (χ4n) is 3.31. The van der Waals surface area contributed by atoms with E-state index in [1.807, 2.05) is 0 Å². The predicted molar refractivity (Wildman–Crippen MR) is 88.5 cm³/mol. The lowest BCUT2D eigenvalue weighted by Crippen LogP contribution is -2.56. The van der Waals surface area contributed by atoms with Crippen LogP contribution in [0.25, 0.3) is 0 Å². The summed E-state index contributed by atoms with van der Waals surface area (Å²) in [5, 5.41) is 3.84. The van der Waals surface area contributed by atoms with E-state index in [1.54, 1.807) is 0 Å². The first-order valence-corrected chi connectivity index (χ1v) is 7.82. The number of likely N-dealkylation sites (N-methyl/N-ethyl adjacent to an activating group) is 1. The van der Waals surface area contributed by atoms with Crippen LogP contribution in [0.4, 0.5) is 0 Å². The monoisotopic (exact) mass is 280 g/mol. The Balaban J connectivity index is 1.62. The van der Waals surface area contributed by atoms with Crippen LogP contribution in [0.3, 0.4) is 0 Å². The van der Waals surface area contributed by atoms with E-state index in [1.165, 1.54) is 11.1 Å². The Hall–Kier alpha value is -1.64. The van der Waals surface area contributed by atoms with Gasteiger partial charge in [-0.3, -0.25) is 0 Å². The highest BCUT2D eigenvalue weighted by molar-refractivity contribution is 5.18. The number of benzene rings is 2. The van der Waals surface area contributed by atoms with E-state index in [-0.39, 0.29) is 0 Å². The first-order chi connectivity index (χ1) is 10.3. The maximum atomic E-state index is 3.84. The van der Waals surface area contributed by atoms with Crippen molar-refractivity contribution in [1.29, 1.82) is 0 Å². The molecule has 1 saturated heterocycles. The van der Waals surface area contributed by atoms with E-state index in [2.05, 4.69) is 77.9 Å². The van der Waals surface area contributed by atoms with E-state index in [0.717, 1.165) is 25.9 Å². The zero-order valence-corrected chi connectivity index (χ0v) is 12.7. The summed E-state index contributed by atoms with van der Waals surface area (Å²) in [4.78, 5) is 2.46. The van der Waals surface area contributed by atoms with Gasteiger partial charge in [0.05, 0.1) is 0 Å². The quantitative estimate of drug-likeness (QED) is 0.926. The van der Waals surface area contributed by atoms with Crippen LogP contribution in [0.5, 0.6) is 0 Å². The molecule has 0 aromatic heterocycles. The lowest BCUT2D eigenvalue weighted by Gasteiger charge is -2.37. The Bertz CT molecular complexity index is 489. The van der Waals surface area contributed by atoms with Crippen molar-refractivity contribution in [3.05, 3.63) is 71.8 Å². The van der Waals surface area contributed by atoms with E-state index >= 15 is 0 Å². The third kappa shape index (κ3) is 4.16. The van der Waals surface area contributed by atoms with Gasteiger partial charge in [-0.1, -0.05) is 60.7 Å². The molecule has 110 valence electrons.